The molecule has 1 aliphatic carbocycles. The normalized spacial score (nSPS) is 27.3. The summed E-state index contributed by atoms with van der Waals surface area (Å²) in [6.45, 7) is 7.95. The molecule has 0 aromatic heterocycles. The van der Waals surface area contributed by atoms with Crippen molar-refractivity contribution in [1.29, 1.82) is 0 Å². The van der Waals surface area contributed by atoms with Gasteiger partial charge in [0.25, 0.3) is 0 Å². The predicted molar refractivity (Wildman–Crippen MR) is 74.3 cm³/mol. The van der Waals surface area contributed by atoms with E-state index in [0.29, 0.717) is 11.5 Å². The van der Waals surface area contributed by atoms with Gasteiger partial charge in [-0.2, -0.15) is 0 Å². The minimum atomic E-state index is 0.484. The third-order valence-corrected chi connectivity index (χ3v) is 4.22. The van der Waals surface area contributed by atoms with E-state index in [1.165, 1.54) is 18.4 Å². The van der Waals surface area contributed by atoms with Crippen molar-refractivity contribution in [1.82, 2.24) is 5.32 Å². The Morgan fingerprint density at radius 2 is 2.00 bits per heavy atom. The van der Waals surface area contributed by atoms with E-state index in [9.17, 15) is 0 Å². The summed E-state index contributed by atoms with van der Waals surface area (Å²) >= 11 is 6.16. The molecular formula is C15H22ClN. The minimum Gasteiger partial charge on any atom is -0.310 e. The molecule has 0 heterocycles. The molecule has 94 valence electrons. The second-order valence-electron chi connectivity index (χ2n) is 6.13. The molecular weight excluding hydrogens is 230 g/mol. The van der Waals surface area contributed by atoms with E-state index < -0.39 is 0 Å². The standard InChI is InChI=1S/C15H22ClN/c1-11-8-15(2,3)9-14(11)17-10-12-6-4-5-7-13(12)16/h4-7,11,14,17H,8-10H2,1-3H3. The van der Waals surface area contributed by atoms with E-state index >= 15 is 0 Å². The van der Waals surface area contributed by atoms with Crippen LogP contribution in [0, 0.1) is 11.3 Å². The first kappa shape index (κ1) is 12.9. The Balaban J connectivity index is 1.93. The van der Waals surface area contributed by atoms with E-state index in [2.05, 4.69) is 32.2 Å². The summed E-state index contributed by atoms with van der Waals surface area (Å²) in [5.41, 5.74) is 1.68. The van der Waals surface area contributed by atoms with E-state index in [1.54, 1.807) is 0 Å². The molecule has 1 aromatic carbocycles. The van der Waals surface area contributed by atoms with Gasteiger partial charge in [0, 0.05) is 17.6 Å². The molecule has 1 N–H and O–H groups in total. The Labute approximate surface area is 110 Å². The Morgan fingerprint density at radius 1 is 1.29 bits per heavy atom. The number of rotatable bonds is 3. The van der Waals surface area contributed by atoms with Crippen molar-refractivity contribution in [3.63, 3.8) is 0 Å². The second-order valence-corrected chi connectivity index (χ2v) is 6.54. The highest BCUT2D eigenvalue weighted by atomic mass is 35.5. The zero-order chi connectivity index (χ0) is 12.5. The summed E-state index contributed by atoms with van der Waals surface area (Å²) in [4.78, 5) is 0. The van der Waals surface area contributed by atoms with Crippen LogP contribution in [0.3, 0.4) is 0 Å². The molecule has 17 heavy (non-hydrogen) atoms. The van der Waals surface area contributed by atoms with E-state index in [4.69, 9.17) is 11.6 Å². The van der Waals surface area contributed by atoms with Crippen molar-refractivity contribution in [2.24, 2.45) is 11.3 Å². The molecule has 1 nitrogen and oxygen atoms in total. The molecule has 1 aliphatic rings. The molecule has 1 saturated carbocycles. The zero-order valence-electron chi connectivity index (χ0n) is 11.0. The molecule has 0 saturated heterocycles. The summed E-state index contributed by atoms with van der Waals surface area (Å²) in [7, 11) is 0. The fourth-order valence-electron chi connectivity index (χ4n) is 3.05. The number of nitrogens with one attached hydrogen (secondary N) is 1. The SMILES string of the molecule is CC1CC(C)(C)CC1NCc1ccccc1Cl. The van der Waals surface area contributed by atoms with Gasteiger partial charge in [-0.25, -0.2) is 0 Å². The number of hydrogen-bond acceptors (Lipinski definition) is 1. The lowest BCUT2D eigenvalue weighted by Crippen LogP contribution is -2.31. The first-order valence-electron chi connectivity index (χ1n) is 6.45. The van der Waals surface area contributed by atoms with Gasteiger partial charge in [-0.3, -0.25) is 0 Å². The third-order valence-electron chi connectivity index (χ3n) is 3.85. The number of hydrogen-bond donors (Lipinski definition) is 1. The maximum absolute atomic E-state index is 6.16. The fourth-order valence-corrected chi connectivity index (χ4v) is 3.25. The van der Waals surface area contributed by atoms with Gasteiger partial charge in [-0.15, -0.1) is 0 Å². The van der Waals surface area contributed by atoms with E-state index in [1.807, 2.05) is 18.2 Å². The molecule has 1 fully saturated rings. The quantitative estimate of drug-likeness (QED) is 0.847. The van der Waals surface area contributed by atoms with Crippen LogP contribution < -0.4 is 5.32 Å². The van der Waals surface area contributed by atoms with Gasteiger partial charge in [0.1, 0.15) is 0 Å². The highest BCUT2D eigenvalue weighted by Gasteiger charge is 2.36. The predicted octanol–water partition coefficient (Wildman–Crippen LogP) is 4.25. The monoisotopic (exact) mass is 251 g/mol. The van der Waals surface area contributed by atoms with Crippen LogP contribution in [0.15, 0.2) is 24.3 Å². The largest absolute Gasteiger partial charge is 0.310 e. The molecule has 0 aliphatic heterocycles. The van der Waals surface area contributed by atoms with Crippen LogP contribution in [0.2, 0.25) is 5.02 Å². The smallest absolute Gasteiger partial charge is 0.0450 e. The average Bonchev–Trinajstić information content (AvgIpc) is 2.51. The van der Waals surface area contributed by atoms with Crippen LogP contribution >= 0.6 is 11.6 Å². The zero-order valence-corrected chi connectivity index (χ0v) is 11.7. The summed E-state index contributed by atoms with van der Waals surface area (Å²) in [5.74, 6) is 0.757. The Bertz CT molecular complexity index is 386. The first-order chi connectivity index (χ1) is 7.98. The van der Waals surface area contributed by atoms with Gasteiger partial charge >= 0.3 is 0 Å². The average molecular weight is 252 g/mol. The maximum atomic E-state index is 6.16. The Morgan fingerprint density at radius 3 is 2.59 bits per heavy atom. The van der Waals surface area contributed by atoms with Crippen molar-refractivity contribution >= 4 is 11.6 Å². The van der Waals surface area contributed by atoms with Crippen molar-refractivity contribution in [3.8, 4) is 0 Å². The lowest BCUT2D eigenvalue weighted by molar-refractivity contribution is 0.362. The summed E-state index contributed by atoms with van der Waals surface area (Å²) < 4.78 is 0. The number of halogens is 1. The van der Waals surface area contributed by atoms with Crippen LogP contribution in [-0.2, 0) is 6.54 Å². The van der Waals surface area contributed by atoms with E-state index in [-0.39, 0.29) is 0 Å². The van der Waals surface area contributed by atoms with Gasteiger partial charge in [0.15, 0.2) is 0 Å². The van der Waals surface area contributed by atoms with Gasteiger partial charge < -0.3 is 5.32 Å². The molecule has 0 radical (unpaired) electrons. The van der Waals surface area contributed by atoms with Gasteiger partial charge in [-0.05, 0) is 35.8 Å². The topological polar surface area (TPSA) is 12.0 Å². The fraction of sp³-hybridized carbons (Fsp3) is 0.600. The van der Waals surface area contributed by atoms with Crippen LogP contribution in [0.25, 0.3) is 0 Å². The van der Waals surface area contributed by atoms with Crippen LogP contribution in [0.4, 0.5) is 0 Å². The Hall–Kier alpha value is -0.530. The minimum absolute atomic E-state index is 0.484. The van der Waals surface area contributed by atoms with Crippen LogP contribution in [0.1, 0.15) is 39.2 Å². The maximum Gasteiger partial charge on any atom is 0.0450 e. The molecule has 2 heteroatoms. The highest BCUT2D eigenvalue weighted by Crippen LogP contribution is 2.40. The second kappa shape index (κ2) is 4.99. The lowest BCUT2D eigenvalue weighted by Gasteiger charge is -2.19. The van der Waals surface area contributed by atoms with Crippen molar-refractivity contribution < 1.29 is 0 Å². The summed E-state index contributed by atoms with van der Waals surface area (Å²) in [6.07, 6.45) is 2.58. The molecule has 0 amide bonds. The van der Waals surface area contributed by atoms with Crippen LogP contribution in [0.5, 0.6) is 0 Å². The van der Waals surface area contributed by atoms with Gasteiger partial charge in [0.2, 0.25) is 0 Å². The third kappa shape index (κ3) is 3.23. The van der Waals surface area contributed by atoms with Crippen LogP contribution in [-0.4, -0.2) is 6.04 Å². The first-order valence-corrected chi connectivity index (χ1v) is 6.82. The highest BCUT2D eigenvalue weighted by molar-refractivity contribution is 6.31. The molecule has 2 atom stereocenters. The van der Waals surface area contributed by atoms with Crippen molar-refractivity contribution in [2.45, 2.75) is 46.2 Å². The molecule has 2 rings (SSSR count). The molecule has 2 unspecified atom stereocenters. The lowest BCUT2D eigenvalue weighted by atomic mass is 9.91. The summed E-state index contributed by atoms with van der Waals surface area (Å²) in [5, 5.41) is 4.53. The molecule has 1 aromatic rings. The molecule has 0 spiro atoms. The van der Waals surface area contributed by atoms with Gasteiger partial charge in [-0.1, -0.05) is 50.6 Å². The molecule has 0 bridgehead atoms. The summed E-state index contributed by atoms with van der Waals surface area (Å²) in [6, 6.07) is 8.71. The van der Waals surface area contributed by atoms with Crippen molar-refractivity contribution in [2.75, 3.05) is 0 Å². The number of benzene rings is 1. The van der Waals surface area contributed by atoms with Crippen molar-refractivity contribution in [3.05, 3.63) is 34.9 Å². The Kier molecular flexibility index (Phi) is 3.79. The van der Waals surface area contributed by atoms with E-state index in [0.717, 1.165) is 17.5 Å². The van der Waals surface area contributed by atoms with Gasteiger partial charge in [0.05, 0.1) is 0 Å².